The van der Waals surface area contributed by atoms with Crippen LogP contribution in [-0.4, -0.2) is 40.3 Å². The molecule has 28 heavy (non-hydrogen) atoms. The lowest BCUT2D eigenvalue weighted by Gasteiger charge is -2.16. The third-order valence-electron chi connectivity index (χ3n) is 4.28. The maximum atomic E-state index is 13.0. The lowest BCUT2D eigenvalue weighted by Crippen LogP contribution is -2.32. The molecule has 1 amide bonds. The molecule has 0 aliphatic heterocycles. The molecule has 0 aliphatic rings. The molecule has 0 saturated heterocycles. The summed E-state index contributed by atoms with van der Waals surface area (Å²) in [7, 11) is 1.31. The summed E-state index contributed by atoms with van der Waals surface area (Å²) in [4.78, 5) is 41.7. The average Bonchev–Trinajstić information content (AvgIpc) is 2.70. The number of hydrogen-bond donors (Lipinski definition) is 1. The first-order valence-corrected chi connectivity index (χ1v) is 10.4. The molecule has 1 aromatic heterocycles. The van der Waals surface area contributed by atoms with Gasteiger partial charge in [0.1, 0.15) is 0 Å². The molecule has 7 nitrogen and oxygen atoms in total. The van der Waals surface area contributed by atoms with E-state index in [4.69, 9.17) is 4.74 Å². The number of carbonyl (C=O) groups excluding carboxylic acids is 2. The van der Waals surface area contributed by atoms with Gasteiger partial charge in [-0.15, -0.1) is 0 Å². The molecule has 1 heterocycles. The molecule has 0 bridgehead atoms. The minimum absolute atomic E-state index is 0.0912. The van der Waals surface area contributed by atoms with E-state index in [0.717, 1.165) is 19.3 Å². The van der Waals surface area contributed by atoms with Crippen molar-refractivity contribution in [2.24, 2.45) is 0 Å². The monoisotopic (exact) mass is 405 g/mol. The molecular weight excluding hydrogens is 378 g/mol. The maximum Gasteiger partial charge on any atom is 0.337 e. The van der Waals surface area contributed by atoms with E-state index in [-0.39, 0.29) is 11.5 Å². The third kappa shape index (κ3) is 5.13. The van der Waals surface area contributed by atoms with Crippen LogP contribution in [0.2, 0.25) is 0 Å². The highest BCUT2D eigenvalue weighted by Crippen LogP contribution is 2.23. The Balaban J connectivity index is 2.48. The molecule has 0 fully saturated rings. The summed E-state index contributed by atoms with van der Waals surface area (Å²) in [6.07, 6.45) is 2.62. The predicted octanol–water partition coefficient (Wildman–Crippen LogP) is 2.99. The Bertz CT molecular complexity index is 910. The molecule has 8 heteroatoms. The topological polar surface area (TPSA) is 90.3 Å². The number of benzene rings is 1. The Morgan fingerprint density at radius 3 is 2.68 bits per heavy atom. The summed E-state index contributed by atoms with van der Waals surface area (Å²) in [5.74, 6) is -0.577. The molecule has 0 unspecified atom stereocenters. The van der Waals surface area contributed by atoms with Gasteiger partial charge in [-0.3, -0.25) is 14.2 Å². The first-order chi connectivity index (χ1) is 13.4. The molecule has 1 aromatic carbocycles. The Morgan fingerprint density at radius 1 is 1.29 bits per heavy atom. The van der Waals surface area contributed by atoms with Gasteiger partial charge in [0.05, 0.1) is 28.8 Å². The molecule has 1 atom stereocenters. The van der Waals surface area contributed by atoms with E-state index in [1.807, 2.05) is 6.92 Å². The molecule has 0 radical (unpaired) electrons. The van der Waals surface area contributed by atoms with Crippen molar-refractivity contribution in [2.45, 2.75) is 57.0 Å². The van der Waals surface area contributed by atoms with E-state index >= 15 is 0 Å². The van der Waals surface area contributed by atoms with Crippen LogP contribution in [0.4, 0.5) is 0 Å². The van der Waals surface area contributed by atoms with E-state index in [9.17, 15) is 14.4 Å². The Hall–Kier alpha value is -2.35. The molecule has 152 valence electrons. The summed E-state index contributed by atoms with van der Waals surface area (Å²) >= 11 is 1.25. The molecule has 0 aliphatic carbocycles. The number of esters is 1. The van der Waals surface area contributed by atoms with Crippen LogP contribution in [0.5, 0.6) is 0 Å². The van der Waals surface area contributed by atoms with Crippen molar-refractivity contribution >= 4 is 34.5 Å². The molecular formula is C20H27N3O4S. The zero-order valence-electron chi connectivity index (χ0n) is 16.8. The molecule has 0 saturated carbocycles. The van der Waals surface area contributed by atoms with Gasteiger partial charge in [0, 0.05) is 13.1 Å². The normalized spacial score (nSPS) is 12.0. The van der Waals surface area contributed by atoms with E-state index in [1.165, 1.54) is 18.9 Å². The zero-order chi connectivity index (χ0) is 20.7. The maximum absolute atomic E-state index is 13.0. The van der Waals surface area contributed by atoms with Crippen molar-refractivity contribution in [1.82, 2.24) is 14.9 Å². The minimum atomic E-state index is -0.486. The van der Waals surface area contributed by atoms with E-state index in [1.54, 1.807) is 29.7 Å². The van der Waals surface area contributed by atoms with E-state index in [0.29, 0.717) is 34.7 Å². The van der Waals surface area contributed by atoms with Crippen LogP contribution in [0.25, 0.3) is 10.9 Å². The van der Waals surface area contributed by atoms with Crippen molar-refractivity contribution in [3.05, 3.63) is 34.1 Å². The lowest BCUT2D eigenvalue weighted by atomic mass is 10.1. The molecule has 2 rings (SSSR count). The summed E-state index contributed by atoms with van der Waals surface area (Å²) < 4.78 is 6.37. The Labute approximate surface area is 168 Å². The van der Waals surface area contributed by atoms with Crippen LogP contribution >= 0.6 is 11.8 Å². The summed E-state index contributed by atoms with van der Waals surface area (Å²) in [6.45, 7) is 6.98. The summed E-state index contributed by atoms with van der Waals surface area (Å²) in [5, 5.41) is 3.39. The van der Waals surface area contributed by atoms with E-state index < -0.39 is 11.2 Å². The fourth-order valence-electron chi connectivity index (χ4n) is 2.65. The Kier molecular flexibility index (Phi) is 8.04. The summed E-state index contributed by atoms with van der Waals surface area (Å²) in [5.41, 5.74) is 0.584. The number of rotatable bonds is 9. The van der Waals surface area contributed by atoms with Crippen LogP contribution in [0, 0.1) is 0 Å². The van der Waals surface area contributed by atoms with Gasteiger partial charge in [-0.25, -0.2) is 9.78 Å². The second-order valence-electron chi connectivity index (χ2n) is 6.48. The highest BCUT2D eigenvalue weighted by Gasteiger charge is 2.19. The molecule has 0 spiro atoms. The van der Waals surface area contributed by atoms with Crippen LogP contribution in [-0.2, 0) is 16.1 Å². The number of nitrogens with one attached hydrogen (secondary N) is 1. The number of fused-ring (bicyclic) bond motifs is 1. The van der Waals surface area contributed by atoms with Crippen molar-refractivity contribution < 1.29 is 14.3 Å². The van der Waals surface area contributed by atoms with Gasteiger partial charge in [-0.2, -0.15) is 0 Å². The second-order valence-corrected chi connectivity index (χ2v) is 7.79. The number of carbonyl (C=O) groups is 2. The number of aromatic nitrogens is 2. The van der Waals surface area contributed by atoms with Gasteiger partial charge in [-0.1, -0.05) is 32.0 Å². The lowest BCUT2D eigenvalue weighted by molar-refractivity contribution is -0.120. The van der Waals surface area contributed by atoms with Gasteiger partial charge < -0.3 is 10.1 Å². The number of nitrogens with zero attached hydrogens (tertiary/aromatic N) is 2. The fraction of sp³-hybridized carbons (Fsp3) is 0.500. The van der Waals surface area contributed by atoms with Gasteiger partial charge in [-0.05, 0) is 38.0 Å². The number of thioether (sulfide) groups is 1. The Morgan fingerprint density at radius 2 is 2.04 bits per heavy atom. The highest BCUT2D eigenvalue weighted by atomic mass is 32.2. The van der Waals surface area contributed by atoms with Gasteiger partial charge in [0.2, 0.25) is 5.91 Å². The van der Waals surface area contributed by atoms with Gasteiger partial charge >= 0.3 is 5.97 Å². The SMILES string of the molecule is CCCCn1c(S[C@@H](C)C(=O)NCCC)nc2cc(C(=O)OC)ccc2c1=O. The smallest absolute Gasteiger partial charge is 0.337 e. The van der Waals surface area contributed by atoms with Crippen molar-refractivity contribution in [2.75, 3.05) is 13.7 Å². The average molecular weight is 406 g/mol. The van der Waals surface area contributed by atoms with Crippen LogP contribution in [0.1, 0.15) is 50.4 Å². The molecule has 2 aromatic rings. The zero-order valence-corrected chi connectivity index (χ0v) is 17.6. The third-order valence-corrected chi connectivity index (χ3v) is 5.37. The number of unbranched alkanes of at least 4 members (excludes halogenated alkanes) is 1. The van der Waals surface area contributed by atoms with Crippen molar-refractivity contribution in [3.63, 3.8) is 0 Å². The van der Waals surface area contributed by atoms with Gasteiger partial charge in [0.25, 0.3) is 5.56 Å². The summed E-state index contributed by atoms with van der Waals surface area (Å²) in [6, 6.07) is 4.72. The first-order valence-electron chi connectivity index (χ1n) is 9.50. The number of amides is 1. The predicted molar refractivity (Wildman–Crippen MR) is 111 cm³/mol. The van der Waals surface area contributed by atoms with Crippen molar-refractivity contribution in [1.29, 1.82) is 0 Å². The van der Waals surface area contributed by atoms with Crippen LogP contribution in [0.3, 0.4) is 0 Å². The second kappa shape index (κ2) is 10.3. The standard InChI is InChI=1S/C20H27N3O4S/c1-5-7-11-23-18(25)15-9-8-14(19(26)27-4)12-16(15)22-20(23)28-13(3)17(24)21-10-6-2/h8-9,12-13H,5-7,10-11H2,1-4H3,(H,21,24)/t13-/m0/s1. The largest absolute Gasteiger partial charge is 0.465 e. The van der Waals surface area contributed by atoms with Gasteiger partial charge in [0.15, 0.2) is 5.16 Å². The van der Waals surface area contributed by atoms with E-state index in [2.05, 4.69) is 17.2 Å². The number of hydrogen-bond acceptors (Lipinski definition) is 6. The number of ether oxygens (including phenoxy) is 1. The van der Waals surface area contributed by atoms with Crippen molar-refractivity contribution in [3.8, 4) is 0 Å². The number of methoxy groups -OCH3 is 1. The fourth-order valence-corrected chi connectivity index (χ4v) is 3.61. The van der Waals surface area contributed by atoms with Crippen LogP contribution in [0.15, 0.2) is 28.2 Å². The first kappa shape index (κ1) is 21.9. The molecule has 1 N–H and O–H groups in total. The minimum Gasteiger partial charge on any atom is -0.465 e. The highest BCUT2D eigenvalue weighted by molar-refractivity contribution is 8.00. The van der Waals surface area contributed by atoms with Crippen LogP contribution < -0.4 is 10.9 Å². The quantitative estimate of drug-likeness (QED) is 0.392.